The van der Waals surface area contributed by atoms with E-state index < -0.39 is 10.0 Å². The Balaban J connectivity index is 1.79. The standard InChI is InChI=1S/C18H20BrN3O4S/c1-13(23)22-16-4-2-3-14(11-16)12-20-18(24)9-10-21-27(25,26)17-7-5-15(19)6-8-17/h2-8,11,21H,9-10,12H2,1H3,(H,20,24)(H,22,23). The van der Waals surface area contributed by atoms with Crippen molar-refractivity contribution in [1.82, 2.24) is 10.0 Å². The van der Waals surface area contributed by atoms with Crippen molar-refractivity contribution in [2.24, 2.45) is 0 Å². The molecule has 27 heavy (non-hydrogen) atoms. The van der Waals surface area contributed by atoms with Crippen molar-refractivity contribution in [2.75, 3.05) is 11.9 Å². The Morgan fingerprint density at radius 3 is 2.44 bits per heavy atom. The molecule has 0 fully saturated rings. The average molecular weight is 454 g/mol. The van der Waals surface area contributed by atoms with Gasteiger partial charge < -0.3 is 10.6 Å². The highest BCUT2D eigenvalue weighted by molar-refractivity contribution is 9.10. The molecule has 0 saturated heterocycles. The van der Waals surface area contributed by atoms with E-state index in [9.17, 15) is 18.0 Å². The number of rotatable bonds is 8. The quantitative estimate of drug-likeness (QED) is 0.570. The zero-order valence-corrected chi connectivity index (χ0v) is 17.1. The number of nitrogens with one attached hydrogen (secondary N) is 3. The Labute approximate surface area is 166 Å². The number of hydrogen-bond acceptors (Lipinski definition) is 4. The van der Waals surface area contributed by atoms with Crippen LogP contribution in [0.5, 0.6) is 0 Å². The van der Waals surface area contributed by atoms with Crippen molar-refractivity contribution >= 4 is 43.5 Å². The van der Waals surface area contributed by atoms with E-state index in [1.54, 1.807) is 30.3 Å². The summed E-state index contributed by atoms with van der Waals surface area (Å²) in [6.45, 7) is 1.70. The van der Waals surface area contributed by atoms with Gasteiger partial charge in [-0.2, -0.15) is 0 Å². The highest BCUT2D eigenvalue weighted by Gasteiger charge is 2.13. The molecule has 144 valence electrons. The van der Waals surface area contributed by atoms with Gasteiger partial charge in [0, 0.05) is 36.6 Å². The second kappa shape index (κ2) is 9.63. The predicted octanol–water partition coefficient (Wildman–Crippen LogP) is 2.39. The van der Waals surface area contributed by atoms with Gasteiger partial charge in [-0.1, -0.05) is 28.1 Å². The lowest BCUT2D eigenvalue weighted by Crippen LogP contribution is -2.30. The molecule has 0 spiro atoms. The Hall–Kier alpha value is -2.23. The van der Waals surface area contributed by atoms with Gasteiger partial charge in [-0.25, -0.2) is 13.1 Å². The Bertz CT molecular complexity index is 914. The summed E-state index contributed by atoms with van der Waals surface area (Å²) in [5, 5.41) is 5.39. The molecule has 0 unspecified atom stereocenters. The Kier molecular flexibility index (Phi) is 7.52. The van der Waals surface area contributed by atoms with E-state index in [1.165, 1.54) is 19.1 Å². The summed E-state index contributed by atoms with van der Waals surface area (Å²) >= 11 is 3.25. The molecule has 7 nitrogen and oxygen atoms in total. The number of anilines is 1. The van der Waals surface area contributed by atoms with E-state index >= 15 is 0 Å². The molecule has 0 aliphatic carbocycles. The fourth-order valence-electron chi connectivity index (χ4n) is 2.25. The van der Waals surface area contributed by atoms with E-state index in [-0.39, 0.29) is 36.2 Å². The zero-order chi connectivity index (χ0) is 19.9. The number of sulfonamides is 1. The van der Waals surface area contributed by atoms with Crippen LogP contribution < -0.4 is 15.4 Å². The highest BCUT2D eigenvalue weighted by atomic mass is 79.9. The van der Waals surface area contributed by atoms with Crippen LogP contribution in [0.4, 0.5) is 5.69 Å². The number of benzene rings is 2. The van der Waals surface area contributed by atoms with Crippen LogP contribution in [0.3, 0.4) is 0 Å². The molecule has 0 bridgehead atoms. The number of carbonyl (C=O) groups is 2. The number of hydrogen-bond donors (Lipinski definition) is 3. The third-order valence-electron chi connectivity index (χ3n) is 3.51. The van der Waals surface area contributed by atoms with Gasteiger partial charge >= 0.3 is 0 Å². The molecule has 2 aromatic carbocycles. The van der Waals surface area contributed by atoms with Crippen LogP contribution >= 0.6 is 15.9 Å². The molecule has 0 aliphatic rings. The van der Waals surface area contributed by atoms with Gasteiger partial charge in [0.15, 0.2) is 0 Å². The van der Waals surface area contributed by atoms with Crippen molar-refractivity contribution in [3.05, 3.63) is 58.6 Å². The lowest BCUT2D eigenvalue weighted by Gasteiger charge is -2.09. The molecule has 0 aliphatic heterocycles. The van der Waals surface area contributed by atoms with Crippen LogP contribution in [0, 0.1) is 0 Å². The van der Waals surface area contributed by atoms with Gasteiger partial charge in [-0.15, -0.1) is 0 Å². The molecular formula is C18H20BrN3O4S. The summed E-state index contributed by atoms with van der Waals surface area (Å²) in [6.07, 6.45) is 0.0150. The van der Waals surface area contributed by atoms with Gasteiger partial charge in [-0.3, -0.25) is 9.59 Å². The molecule has 2 aromatic rings. The summed E-state index contributed by atoms with van der Waals surface area (Å²) in [6, 6.07) is 13.3. The first-order valence-electron chi connectivity index (χ1n) is 8.15. The molecule has 2 rings (SSSR count). The van der Waals surface area contributed by atoms with Crippen LogP contribution in [0.2, 0.25) is 0 Å². The Morgan fingerprint density at radius 2 is 1.78 bits per heavy atom. The molecular weight excluding hydrogens is 434 g/mol. The van der Waals surface area contributed by atoms with Gasteiger partial charge in [-0.05, 0) is 42.0 Å². The number of halogens is 1. The summed E-state index contributed by atoms with van der Waals surface area (Å²) in [5.41, 5.74) is 1.47. The molecule has 0 radical (unpaired) electrons. The van der Waals surface area contributed by atoms with Gasteiger partial charge in [0.25, 0.3) is 0 Å². The summed E-state index contributed by atoms with van der Waals surface area (Å²) < 4.78 is 27.5. The van der Waals surface area contributed by atoms with Crippen LogP contribution in [-0.4, -0.2) is 26.8 Å². The fraction of sp³-hybridized carbons (Fsp3) is 0.222. The third-order valence-corrected chi connectivity index (χ3v) is 5.51. The smallest absolute Gasteiger partial charge is 0.240 e. The average Bonchev–Trinajstić information content (AvgIpc) is 2.60. The second-order valence-electron chi connectivity index (χ2n) is 5.76. The minimum Gasteiger partial charge on any atom is -0.352 e. The normalized spacial score (nSPS) is 11.0. The van der Waals surface area contributed by atoms with E-state index in [0.29, 0.717) is 5.69 Å². The maximum Gasteiger partial charge on any atom is 0.240 e. The SMILES string of the molecule is CC(=O)Nc1cccc(CNC(=O)CCNS(=O)(=O)c2ccc(Br)cc2)c1. The molecule has 0 heterocycles. The van der Waals surface area contributed by atoms with E-state index in [2.05, 4.69) is 31.3 Å². The van der Waals surface area contributed by atoms with Crippen LogP contribution in [0.25, 0.3) is 0 Å². The first kappa shape index (κ1) is 21.1. The van der Waals surface area contributed by atoms with Crippen molar-refractivity contribution < 1.29 is 18.0 Å². The number of amides is 2. The molecule has 0 aromatic heterocycles. The maximum atomic E-state index is 12.1. The maximum absolute atomic E-state index is 12.1. The van der Waals surface area contributed by atoms with E-state index in [1.807, 2.05) is 6.07 Å². The van der Waals surface area contributed by atoms with Crippen molar-refractivity contribution in [3.8, 4) is 0 Å². The minimum absolute atomic E-state index is 0.00381. The summed E-state index contributed by atoms with van der Waals surface area (Å²) in [4.78, 5) is 23.1. The van der Waals surface area contributed by atoms with Gasteiger partial charge in [0.05, 0.1) is 4.90 Å². The van der Waals surface area contributed by atoms with E-state index in [4.69, 9.17) is 0 Å². The topological polar surface area (TPSA) is 104 Å². The zero-order valence-electron chi connectivity index (χ0n) is 14.7. The molecule has 2 amide bonds. The van der Waals surface area contributed by atoms with Crippen molar-refractivity contribution in [2.45, 2.75) is 24.8 Å². The van der Waals surface area contributed by atoms with Gasteiger partial charge in [0.1, 0.15) is 0 Å². The van der Waals surface area contributed by atoms with Crippen molar-refractivity contribution in [3.63, 3.8) is 0 Å². The van der Waals surface area contributed by atoms with Crippen LogP contribution in [0.1, 0.15) is 18.9 Å². The fourth-order valence-corrected chi connectivity index (χ4v) is 3.54. The summed E-state index contributed by atoms with van der Waals surface area (Å²) in [7, 11) is -3.65. The van der Waals surface area contributed by atoms with Crippen LogP contribution in [-0.2, 0) is 26.2 Å². The molecule has 9 heteroatoms. The molecule has 0 atom stereocenters. The largest absolute Gasteiger partial charge is 0.352 e. The molecule has 3 N–H and O–H groups in total. The Morgan fingerprint density at radius 1 is 1.07 bits per heavy atom. The first-order valence-corrected chi connectivity index (χ1v) is 10.4. The minimum atomic E-state index is -3.65. The lowest BCUT2D eigenvalue weighted by molar-refractivity contribution is -0.121. The lowest BCUT2D eigenvalue weighted by atomic mass is 10.2. The van der Waals surface area contributed by atoms with E-state index in [0.717, 1.165) is 10.0 Å². The third kappa shape index (κ3) is 7.12. The first-order chi connectivity index (χ1) is 12.8. The monoisotopic (exact) mass is 453 g/mol. The second-order valence-corrected chi connectivity index (χ2v) is 8.44. The van der Waals surface area contributed by atoms with Crippen molar-refractivity contribution in [1.29, 1.82) is 0 Å². The molecule has 0 saturated carbocycles. The van der Waals surface area contributed by atoms with Crippen LogP contribution in [0.15, 0.2) is 57.9 Å². The summed E-state index contributed by atoms with van der Waals surface area (Å²) in [5.74, 6) is -0.451. The number of carbonyl (C=O) groups excluding carboxylic acids is 2. The highest BCUT2D eigenvalue weighted by Crippen LogP contribution is 2.14. The van der Waals surface area contributed by atoms with Gasteiger partial charge in [0.2, 0.25) is 21.8 Å². The predicted molar refractivity (Wildman–Crippen MR) is 107 cm³/mol.